The SMILES string of the molecule is O=[N+]([O-])c1ccc(/C(Cn2cncn2)=N\Nc2nc(-c3ccc([N+](=O)[O-])cc3)cs2)cc1. The largest absolute Gasteiger partial charge is 0.269 e. The zero-order valence-electron chi connectivity index (χ0n) is 16.2. The molecule has 0 saturated carbocycles. The Morgan fingerprint density at radius 3 is 2.28 bits per heavy atom. The van der Waals surface area contributed by atoms with Crippen molar-refractivity contribution < 1.29 is 9.85 Å². The number of hydrogen-bond donors (Lipinski definition) is 1. The summed E-state index contributed by atoms with van der Waals surface area (Å²) in [6, 6.07) is 12.1. The van der Waals surface area contributed by atoms with Gasteiger partial charge in [0.05, 0.1) is 27.8 Å². The van der Waals surface area contributed by atoms with Crippen LogP contribution in [0.15, 0.2) is 71.7 Å². The fourth-order valence-corrected chi connectivity index (χ4v) is 3.42. The second kappa shape index (κ2) is 9.09. The molecule has 0 fully saturated rings. The van der Waals surface area contributed by atoms with Crippen molar-refractivity contribution in [1.82, 2.24) is 19.7 Å². The second-order valence-corrected chi connectivity index (χ2v) is 7.27. The Balaban J connectivity index is 1.56. The van der Waals surface area contributed by atoms with Crippen LogP contribution in [0.3, 0.4) is 0 Å². The van der Waals surface area contributed by atoms with Crippen molar-refractivity contribution in [2.24, 2.45) is 5.10 Å². The first kappa shape index (κ1) is 20.7. The molecule has 0 atom stereocenters. The Bertz CT molecular complexity index is 1270. The molecule has 0 saturated heterocycles. The molecule has 13 heteroatoms. The molecule has 0 aliphatic carbocycles. The minimum absolute atomic E-state index is 0.00720. The zero-order chi connectivity index (χ0) is 22.5. The standard InChI is InChI=1S/C19H14N8O4S/c28-26(29)15-5-1-13(2-6-15)17(9-25-12-20-11-21-25)23-24-19-22-18(10-32-19)14-3-7-16(8-4-14)27(30)31/h1-8,10-12H,9H2,(H,22,24)/b23-17-. The molecular weight excluding hydrogens is 436 g/mol. The molecular formula is C19H14N8O4S. The number of non-ortho nitro benzene ring substituents is 2. The average Bonchev–Trinajstić information content (AvgIpc) is 3.49. The Kier molecular flexibility index (Phi) is 5.89. The molecule has 0 amide bonds. The van der Waals surface area contributed by atoms with Crippen LogP contribution in [0.25, 0.3) is 11.3 Å². The third-order valence-corrected chi connectivity index (χ3v) is 5.10. The van der Waals surface area contributed by atoms with Crippen LogP contribution in [-0.4, -0.2) is 35.3 Å². The highest BCUT2D eigenvalue weighted by molar-refractivity contribution is 7.14. The van der Waals surface area contributed by atoms with Gasteiger partial charge < -0.3 is 0 Å². The summed E-state index contributed by atoms with van der Waals surface area (Å²) in [4.78, 5) is 29.2. The van der Waals surface area contributed by atoms with E-state index in [2.05, 4.69) is 25.6 Å². The molecule has 2 aromatic carbocycles. The van der Waals surface area contributed by atoms with Crippen molar-refractivity contribution in [3.8, 4) is 11.3 Å². The van der Waals surface area contributed by atoms with E-state index in [1.54, 1.807) is 28.9 Å². The van der Waals surface area contributed by atoms with Gasteiger partial charge >= 0.3 is 0 Å². The van der Waals surface area contributed by atoms with Gasteiger partial charge in [0.25, 0.3) is 11.4 Å². The highest BCUT2D eigenvalue weighted by Crippen LogP contribution is 2.26. The number of anilines is 1. The van der Waals surface area contributed by atoms with Gasteiger partial charge in [-0.1, -0.05) is 0 Å². The molecule has 160 valence electrons. The lowest BCUT2D eigenvalue weighted by atomic mass is 10.1. The molecule has 0 radical (unpaired) electrons. The number of hydrazone groups is 1. The zero-order valence-corrected chi connectivity index (χ0v) is 17.0. The highest BCUT2D eigenvalue weighted by atomic mass is 32.1. The normalized spacial score (nSPS) is 11.3. The quantitative estimate of drug-likeness (QED) is 0.242. The van der Waals surface area contributed by atoms with Crippen molar-refractivity contribution in [2.75, 3.05) is 5.43 Å². The van der Waals surface area contributed by atoms with E-state index in [0.717, 1.165) is 5.56 Å². The third kappa shape index (κ3) is 4.79. The van der Waals surface area contributed by atoms with E-state index in [1.165, 1.54) is 48.3 Å². The molecule has 4 aromatic rings. The molecule has 4 rings (SSSR count). The van der Waals surface area contributed by atoms with E-state index in [1.807, 2.05) is 5.38 Å². The highest BCUT2D eigenvalue weighted by Gasteiger charge is 2.11. The lowest BCUT2D eigenvalue weighted by Gasteiger charge is -2.07. The monoisotopic (exact) mass is 450 g/mol. The Hall–Kier alpha value is -4.52. The van der Waals surface area contributed by atoms with Gasteiger partial charge in [-0.2, -0.15) is 10.2 Å². The van der Waals surface area contributed by atoms with Crippen LogP contribution in [0.1, 0.15) is 5.56 Å². The van der Waals surface area contributed by atoms with Crippen molar-refractivity contribution >= 4 is 33.6 Å². The first-order valence-corrected chi connectivity index (χ1v) is 9.98. The van der Waals surface area contributed by atoms with E-state index in [-0.39, 0.29) is 17.9 Å². The summed E-state index contributed by atoms with van der Waals surface area (Å²) < 4.78 is 1.58. The van der Waals surface area contributed by atoms with Gasteiger partial charge in [-0.15, -0.1) is 11.3 Å². The maximum absolute atomic E-state index is 10.9. The number of nitrogens with one attached hydrogen (secondary N) is 1. The van der Waals surface area contributed by atoms with Crippen molar-refractivity contribution in [3.05, 3.63) is 92.4 Å². The fourth-order valence-electron chi connectivity index (χ4n) is 2.76. The lowest BCUT2D eigenvalue weighted by Crippen LogP contribution is -2.14. The molecule has 2 aromatic heterocycles. The van der Waals surface area contributed by atoms with Crippen molar-refractivity contribution in [3.63, 3.8) is 0 Å². The lowest BCUT2D eigenvalue weighted by molar-refractivity contribution is -0.385. The number of benzene rings is 2. The number of thiazole rings is 1. The smallest absolute Gasteiger partial charge is 0.258 e. The van der Waals surface area contributed by atoms with Crippen LogP contribution in [0.2, 0.25) is 0 Å². The topological polar surface area (TPSA) is 154 Å². The van der Waals surface area contributed by atoms with Crippen LogP contribution >= 0.6 is 11.3 Å². The van der Waals surface area contributed by atoms with Crippen LogP contribution in [0.4, 0.5) is 16.5 Å². The number of nitro benzene ring substituents is 2. The van der Waals surface area contributed by atoms with E-state index in [4.69, 9.17) is 0 Å². The number of aromatic nitrogens is 4. The summed E-state index contributed by atoms with van der Waals surface area (Å²) in [5.74, 6) is 0. The van der Waals surface area contributed by atoms with E-state index in [9.17, 15) is 20.2 Å². The van der Waals surface area contributed by atoms with Gasteiger partial charge in [-0.25, -0.2) is 14.6 Å². The number of nitro groups is 2. The molecule has 2 heterocycles. The number of nitrogens with zero attached hydrogens (tertiary/aromatic N) is 7. The van der Waals surface area contributed by atoms with Crippen LogP contribution < -0.4 is 5.43 Å². The molecule has 1 N–H and O–H groups in total. The Morgan fingerprint density at radius 1 is 1.03 bits per heavy atom. The average molecular weight is 450 g/mol. The van der Waals surface area contributed by atoms with Crippen molar-refractivity contribution in [1.29, 1.82) is 0 Å². The van der Waals surface area contributed by atoms with Gasteiger partial charge in [-0.05, 0) is 24.3 Å². The number of rotatable bonds is 8. The second-order valence-electron chi connectivity index (χ2n) is 6.41. The van der Waals surface area contributed by atoms with Gasteiger partial charge in [0, 0.05) is 40.8 Å². The molecule has 0 aliphatic rings. The molecule has 0 unspecified atom stereocenters. The van der Waals surface area contributed by atoms with Crippen LogP contribution in [-0.2, 0) is 6.54 Å². The van der Waals surface area contributed by atoms with Gasteiger partial charge in [0.1, 0.15) is 12.7 Å². The predicted octanol–water partition coefficient (Wildman–Crippen LogP) is 3.73. The maximum atomic E-state index is 10.9. The molecule has 0 spiro atoms. The summed E-state index contributed by atoms with van der Waals surface area (Å²) in [6.07, 6.45) is 2.94. The minimum Gasteiger partial charge on any atom is -0.258 e. The molecule has 32 heavy (non-hydrogen) atoms. The summed E-state index contributed by atoms with van der Waals surface area (Å²) in [5, 5.41) is 32.5. The van der Waals surface area contributed by atoms with Crippen LogP contribution in [0, 0.1) is 20.2 Å². The molecule has 0 aliphatic heterocycles. The minimum atomic E-state index is -0.467. The summed E-state index contributed by atoms with van der Waals surface area (Å²) in [5.41, 5.74) is 5.52. The van der Waals surface area contributed by atoms with E-state index in [0.29, 0.717) is 22.1 Å². The maximum Gasteiger partial charge on any atom is 0.269 e. The van der Waals surface area contributed by atoms with E-state index < -0.39 is 9.85 Å². The Labute approximate surface area is 184 Å². The van der Waals surface area contributed by atoms with E-state index >= 15 is 0 Å². The molecule has 0 bridgehead atoms. The molecule has 12 nitrogen and oxygen atoms in total. The first-order valence-electron chi connectivity index (χ1n) is 9.10. The number of hydrogen-bond acceptors (Lipinski definition) is 10. The fraction of sp³-hybridized carbons (Fsp3) is 0.0526. The summed E-state index contributed by atoms with van der Waals surface area (Å²) >= 11 is 1.32. The van der Waals surface area contributed by atoms with Crippen molar-refractivity contribution in [2.45, 2.75) is 6.54 Å². The first-order chi connectivity index (χ1) is 15.5. The van der Waals surface area contributed by atoms with Gasteiger partial charge in [0.15, 0.2) is 0 Å². The predicted molar refractivity (Wildman–Crippen MR) is 117 cm³/mol. The third-order valence-electron chi connectivity index (χ3n) is 4.35. The van der Waals surface area contributed by atoms with Crippen LogP contribution in [0.5, 0.6) is 0 Å². The summed E-state index contributed by atoms with van der Waals surface area (Å²) in [6.45, 7) is 0.283. The Morgan fingerprint density at radius 2 is 1.69 bits per heavy atom. The summed E-state index contributed by atoms with van der Waals surface area (Å²) in [7, 11) is 0. The van der Waals surface area contributed by atoms with Gasteiger partial charge in [0.2, 0.25) is 5.13 Å². The van der Waals surface area contributed by atoms with Gasteiger partial charge in [-0.3, -0.25) is 25.7 Å².